The quantitative estimate of drug-likeness (QED) is 0.518. The molecule has 98 valence electrons. The number of aromatic nitrogens is 1. The van der Waals surface area contributed by atoms with Gasteiger partial charge in [-0.1, -0.05) is 23.7 Å². The molecule has 2 aromatic rings. The normalized spacial score (nSPS) is 10.2. The highest BCUT2D eigenvalue weighted by atomic mass is 79.9. The summed E-state index contributed by atoms with van der Waals surface area (Å²) in [5.74, 6) is 0. The maximum absolute atomic E-state index is 10.5. The molecule has 0 unspecified atom stereocenters. The van der Waals surface area contributed by atoms with Gasteiger partial charge in [0, 0.05) is 18.7 Å². The summed E-state index contributed by atoms with van der Waals surface area (Å²) in [5, 5.41) is 14.1. The van der Waals surface area contributed by atoms with Gasteiger partial charge in [0.2, 0.25) is 0 Å². The molecular weight excluding hydrogens is 334 g/mol. The maximum atomic E-state index is 10.5. The third-order valence-corrected chi connectivity index (χ3v) is 3.57. The minimum atomic E-state index is -0.419. The second kappa shape index (κ2) is 5.99. The van der Waals surface area contributed by atoms with Crippen LogP contribution >= 0.6 is 27.5 Å². The van der Waals surface area contributed by atoms with E-state index in [9.17, 15) is 10.1 Å². The van der Waals surface area contributed by atoms with E-state index in [4.69, 9.17) is 11.6 Å². The Morgan fingerprint density at radius 2 is 2.05 bits per heavy atom. The van der Waals surface area contributed by atoms with Crippen LogP contribution in [0.25, 0.3) is 0 Å². The average molecular weight is 343 g/mol. The van der Waals surface area contributed by atoms with E-state index in [-0.39, 0.29) is 5.69 Å². The van der Waals surface area contributed by atoms with Crippen molar-refractivity contribution in [3.05, 3.63) is 61.8 Å². The summed E-state index contributed by atoms with van der Waals surface area (Å²) in [5.41, 5.74) is 1.84. The highest BCUT2D eigenvalue weighted by molar-refractivity contribution is 9.10. The van der Waals surface area contributed by atoms with Crippen LogP contribution in [-0.2, 0) is 6.54 Å². The van der Waals surface area contributed by atoms with Crippen molar-refractivity contribution in [3.63, 3.8) is 0 Å². The molecule has 0 aliphatic carbocycles. The zero-order valence-electron chi connectivity index (χ0n) is 9.64. The lowest BCUT2D eigenvalue weighted by molar-refractivity contribution is -0.384. The number of nitrogens with zero attached hydrogens (tertiary/aromatic N) is 2. The van der Waals surface area contributed by atoms with Crippen LogP contribution in [0.2, 0.25) is 5.15 Å². The predicted octanol–water partition coefficient (Wildman–Crippen LogP) is 4.02. The van der Waals surface area contributed by atoms with Crippen molar-refractivity contribution >= 4 is 38.9 Å². The van der Waals surface area contributed by atoms with Gasteiger partial charge in [-0.3, -0.25) is 10.1 Å². The first-order valence-corrected chi connectivity index (χ1v) is 6.51. The van der Waals surface area contributed by atoms with Crippen LogP contribution in [0.4, 0.5) is 11.4 Å². The Morgan fingerprint density at radius 3 is 2.63 bits per heavy atom. The van der Waals surface area contributed by atoms with Crippen LogP contribution in [0, 0.1) is 10.1 Å². The van der Waals surface area contributed by atoms with Gasteiger partial charge in [0.15, 0.2) is 0 Å². The summed E-state index contributed by atoms with van der Waals surface area (Å²) in [6, 6.07) is 8.20. The minimum absolute atomic E-state index is 0.0830. The Labute approximate surface area is 122 Å². The zero-order valence-corrected chi connectivity index (χ0v) is 12.0. The van der Waals surface area contributed by atoms with E-state index < -0.39 is 4.92 Å². The molecule has 0 bridgehead atoms. The topological polar surface area (TPSA) is 68.1 Å². The first kappa shape index (κ1) is 13.8. The molecule has 0 aliphatic rings. The molecular formula is C12H9BrClN3O2. The van der Waals surface area contributed by atoms with E-state index in [1.807, 2.05) is 6.07 Å². The Kier molecular flexibility index (Phi) is 4.34. The van der Waals surface area contributed by atoms with E-state index in [1.54, 1.807) is 18.3 Å². The van der Waals surface area contributed by atoms with Crippen molar-refractivity contribution in [1.82, 2.24) is 4.98 Å². The van der Waals surface area contributed by atoms with Gasteiger partial charge in [-0.25, -0.2) is 4.98 Å². The van der Waals surface area contributed by atoms with Gasteiger partial charge in [-0.2, -0.15) is 0 Å². The SMILES string of the molecule is O=[N+]([O-])c1ccc(CNc2cnc(Cl)c(Br)c2)cc1. The third-order valence-electron chi connectivity index (χ3n) is 2.44. The number of anilines is 1. The summed E-state index contributed by atoms with van der Waals surface area (Å²) < 4.78 is 0.711. The lowest BCUT2D eigenvalue weighted by Crippen LogP contribution is -2.00. The number of halogens is 2. The van der Waals surface area contributed by atoms with Gasteiger partial charge >= 0.3 is 0 Å². The fourth-order valence-corrected chi connectivity index (χ4v) is 1.91. The van der Waals surface area contributed by atoms with E-state index in [0.717, 1.165) is 11.3 Å². The van der Waals surface area contributed by atoms with Crippen molar-refractivity contribution in [3.8, 4) is 0 Å². The number of rotatable bonds is 4. The molecule has 0 radical (unpaired) electrons. The van der Waals surface area contributed by atoms with Crippen molar-refractivity contribution < 1.29 is 4.92 Å². The summed E-state index contributed by atoms with van der Waals surface area (Å²) in [4.78, 5) is 14.1. The molecule has 2 rings (SSSR count). The molecule has 1 heterocycles. The first-order chi connectivity index (χ1) is 9.06. The number of benzene rings is 1. The molecule has 0 amide bonds. The van der Waals surface area contributed by atoms with Gasteiger partial charge < -0.3 is 5.32 Å². The number of nitro groups is 1. The minimum Gasteiger partial charge on any atom is -0.380 e. The first-order valence-electron chi connectivity index (χ1n) is 5.34. The van der Waals surface area contributed by atoms with Crippen LogP contribution in [0.3, 0.4) is 0 Å². The van der Waals surface area contributed by atoms with Gasteiger partial charge in [0.1, 0.15) is 5.15 Å². The fraction of sp³-hybridized carbons (Fsp3) is 0.0833. The number of nitrogens with one attached hydrogen (secondary N) is 1. The van der Waals surface area contributed by atoms with E-state index in [0.29, 0.717) is 16.2 Å². The highest BCUT2D eigenvalue weighted by Gasteiger charge is 2.04. The van der Waals surface area contributed by atoms with Crippen molar-refractivity contribution in [2.45, 2.75) is 6.54 Å². The number of pyridine rings is 1. The van der Waals surface area contributed by atoms with E-state index >= 15 is 0 Å². The molecule has 19 heavy (non-hydrogen) atoms. The van der Waals surface area contributed by atoms with Gasteiger partial charge in [-0.05, 0) is 27.6 Å². The summed E-state index contributed by atoms with van der Waals surface area (Å²) in [6.07, 6.45) is 1.62. The Bertz CT molecular complexity index is 604. The second-order valence-corrected chi connectivity index (χ2v) is 4.99. The van der Waals surface area contributed by atoms with E-state index in [2.05, 4.69) is 26.2 Å². The molecule has 0 atom stereocenters. The number of non-ortho nitro benzene ring substituents is 1. The van der Waals surface area contributed by atoms with Crippen LogP contribution < -0.4 is 5.32 Å². The third kappa shape index (κ3) is 3.65. The van der Waals surface area contributed by atoms with Gasteiger partial charge in [0.05, 0.1) is 21.3 Å². The van der Waals surface area contributed by atoms with Crippen LogP contribution in [0.15, 0.2) is 41.0 Å². The monoisotopic (exact) mass is 341 g/mol. The maximum Gasteiger partial charge on any atom is 0.269 e. The predicted molar refractivity (Wildman–Crippen MR) is 77.4 cm³/mol. The number of hydrogen-bond donors (Lipinski definition) is 1. The lowest BCUT2D eigenvalue weighted by Gasteiger charge is -2.07. The zero-order chi connectivity index (χ0) is 13.8. The fourth-order valence-electron chi connectivity index (χ4n) is 1.46. The molecule has 1 aromatic carbocycles. The molecule has 1 N–H and O–H groups in total. The molecule has 0 spiro atoms. The molecule has 0 aliphatic heterocycles. The number of hydrogen-bond acceptors (Lipinski definition) is 4. The Hall–Kier alpha value is -1.66. The second-order valence-electron chi connectivity index (χ2n) is 3.77. The summed E-state index contributed by atoms with van der Waals surface area (Å²) in [6.45, 7) is 0.549. The molecule has 7 heteroatoms. The van der Waals surface area contributed by atoms with Crippen LogP contribution in [0.5, 0.6) is 0 Å². The molecule has 5 nitrogen and oxygen atoms in total. The standard InChI is InChI=1S/C12H9BrClN3O2/c13-11-5-9(7-16-12(11)14)15-6-8-1-3-10(4-2-8)17(18)19/h1-5,7,15H,6H2. The summed E-state index contributed by atoms with van der Waals surface area (Å²) >= 11 is 9.08. The highest BCUT2D eigenvalue weighted by Crippen LogP contribution is 2.23. The Balaban J connectivity index is 2.01. The largest absolute Gasteiger partial charge is 0.380 e. The van der Waals surface area contributed by atoms with Crippen LogP contribution in [0.1, 0.15) is 5.56 Å². The van der Waals surface area contributed by atoms with Crippen LogP contribution in [-0.4, -0.2) is 9.91 Å². The van der Waals surface area contributed by atoms with E-state index in [1.165, 1.54) is 12.1 Å². The Morgan fingerprint density at radius 1 is 1.37 bits per heavy atom. The van der Waals surface area contributed by atoms with Crippen molar-refractivity contribution in [2.24, 2.45) is 0 Å². The lowest BCUT2D eigenvalue weighted by atomic mass is 10.2. The molecule has 1 aromatic heterocycles. The number of nitro benzene ring substituents is 1. The summed E-state index contributed by atoms with van der Waals surface area (Å²) in [7, 11) is 0. The van der Waals surface area contributed by atoms with Crippen molar-refractivity contribution in [1.29, 1.82) is 0 Å². The average Bonchev–Trinajstić information content (AvgIpc) is 2.40. The van der Waals surface area contributed by atoms with Crippen molar-refractivity contribution in [2.75, 3.05) is 5.32 Å². The van der Waals surface area contributed by atoms with Gasteiger partial charge in [0.25, 0.3) is 5.69 Å². The molecule has 0 saturated carbocycles. The smallest absolute Gasteiger partial charge is 0.269 e. The molecule has 0 saturated heterocycles. The van der Waals surface area contributed by atoms with Gasteiger partial charge in [-0.15, -0.1) is 0 Å². The molecule has 0 fully saturated rings.